The molecule has 140 valence electrons. The van der Waals surface area contributed by atoms with Crippen molar-refractivity contribution in [1.82, 2.24) is 0 Å². The Bertz CT molecular complexity index is 1070. The molecular formula is C22H13Br2F2NO. The quantitative estimate of drug-likeness (QED) is 0.273. The fourth-order valence-electron chi connectivity index (χ4n) is 2.60. The standard InChI is InChI=1S/C22H13Br2F2NO/c23-19-10-15(8-16(12-27)18-6-1-2-7-21(18)26)11-20(24)22(19)28-13-14-4-3-5-17(25)9-14/h1-11H,13H2/b16-8-. The molecule has 0 heterocycles. The molecule has 0 bridgehead atoms. The van der Waals surface area contributed by atoms with Gasteiger partial charge >= 0.3 is 0 Å². The Hall–Kier alpha value is -2.49. The maximum atomic E-state index is 14.0. The zero-order valence-corrected chi connectivity index (χ0v) is 17.6. The van der Waals surface area contributed by atoms with Gasteiger partial charge < -0.3 is 4.74 Å². The van der Waals surface area contributed by atoms with Crippen molar-refractivity contribution in [2.24, 2.45) is 0 Å². The molecule has 0 amide bonds. The van der Waals surface area contributed by atoms with Gasteiger partial charge in [0.15, 0.2) is 0 Å². The highest BCUT2D eigenvalue weighted by atomic mass is 79.9. The highest BCUT2D eigenvalue weighted by Gasteiger charge is 2.11. The Labute approximate surface area is 178 Å². The molecule has 3 aromatic rings. The number of nitrogens with zero attached hydrogens (tertiary/aromatic N) is 1. The fraction of sp³-hybridized carbons (Fsp3) is 0.0455. The normalized spacial score (nSPS) is 11.2. The van der Waals surface area contributed by atoms with E-state index in [0.29, 0.717) is 25.8 Å². The van der Waals surface area contributed by atoms with Gasteiger partial charge in [0, 0.05) is 5.56 Å². The van der Waals surface area contributed by atoms with Gasteiger partial charge in [-0.05, 0) is 79.4 Å². The second kappa shape index (κ2) is 9.13. The third-order valence-electron chi connectivity index (χ3n) is 3.89. The van der Waals surface area contributed by atoms with Gasteiger partial charge in [-0.3, -0.25) is 0 Å². The monoisotopic (exact) mass is 503 g/mol. The minimum atomic E-state index is -0.455. The number of benzene rings is 3. The molecule has 0 aliphatic rings. The molecular weight excluding hydrogens is 492 g/mol. The average molecular weight is 505 g/mol. The van der Waals surface area contributed by atoms with E-state index < -0.39 is 5.82 Å². The Morgan fingerprint density at radius 1 is 1.00 bits per heavy atom. The van der Waals surface area contributed by atoms with E-state index in [1.807, 2.05) is 6.07 Å². The van der Waals surface area contributed by atoms with Crippen LogP contribution in [-0.2, 0) is 6.61 Å². The number of hydrogen-bond donors (Lipinski definition) is 0. The maximum Gasteiger partial charge on any atom is 0.148 e. The summed E-state index contributed by atoms with van der Waals surface area (Å²) in [7, 11) is 0. The van der Waals surface area contributed by atoms with Gasteiger partial charge in [-0.15, -0.1) is 0 Å². The van der Waals surface area contributed by atoms with Gasteiger partial charge in [0.2, 0.25) is 0 Å². The van der Waals surface area contributed by atoms with E-state index >= 15 is 0 Å². The molecule has 0 unspecified atom stereocenters. The lowest BCUT2D eigenvalue weighted by atomic mass is 10.0. The van der Waals surface area contributed by atoms with Crippen LogP contribution in [0.3, 0.4) is 0 Å². The highest BCUT2D eigenvalue weighted by Crippen LogP contribution is 2.36. The lowest BCUT2D eigenvalue weighted by molar-refractivity contribution is 0.301. The summed E-state index contributed by atoms with van der Waals surface area (Å²) >= 11 is 6.91. The van der Waals surface area contributed by atoms with Crippen LogP contribution in [0, 0.1) is 23.0 Å². The zero-order valence-electron chi connectivity index (χ0n) is 14.4. The zero-order chi connectivity index (χ0) is 20.1. The van der Waals surface area contributed by atoms with E-state index in [1.165, 1.54) is 18.2 Å². The molecule has 0 saturated carbocycles. The minimum absolute atomic E-state index is 0.197. The number of ether oxygens (including phenoxy) is 1. The van der Waals surface area contributed by atoms with Gasteiger partial charge in [-0.25, -0.2) is 8.78 Å². The molecule has 0 aliphatic heterocycles. The summed E-state index contributed by atoms with van der Waals surface area (Å²) in [5, 5.41) is 9.43. The van der Waals surface area contributed by atoms with Crippen LogP contribution in [0.5, 0.6) is 5.75 Å². The van der Waals surface area contributed by atoms with Crippen LogP contribution < -0.4 is 4.74 Å². The minimum Gasteiger partial charge on any atom is -0.487 e. The Kier molecular flexibility index (Phi) is 6.61. The SMILES string of the molecule is N#C/C(=C/c1cc(Br)c(OCc2cccc(F)c2)c(Br)c1)c1ccccc1F. The highest BCUT2D eigenvalue weighted by molar-refractivity contribution is 9.11. The second-order valence-corrected chi connectivity index (χ2v) is 7.59. The third kappa shape index (κ3) is 4.86. The molecule has 0 saturated heterocycles. The van der Waals surface area contributed by atoms with Crippen LogP contribution in [0.1, 0.15) is 16.7 Å². The van der Waals surface area contributed by atoms with Crippen molar-refractivity contribution in [3.05, 3.63) is 97.9 Å². The van der Waals surface area contributed by atoms with Crippen LogP contribution in [0.25, 0.3) is 11.6 Å². The number of rotatable bonds is 5. The molecule has 0 fully saturated rings. The molecule has 0 aliphatic carbocycles. The first-order valence-electron chi connectivity index (χ1n) is 8.21. The molecule has 0 aromatic heterocycles. The van der Waals surface area contributed by atoms with Crippen molar-refractivity contribution < 1.29 is 13.5 Å². The van der Waals surface area contributed by atoms with Crippen LogP contribution in [0.4, 0.5) is 8.78 Å². The average Bonchev–Trinajstić information content (AvgIpc) is 2.66. The Morgan fingerprint density at radius 2 is 1.71 bits per heavy atom. The molecule has 0 spiro atoms. The molecule has 6 heteroatoms. The lowest BCUT2D eigenvalue weighted by Gasteiger charge is -2.12. The van der Waals surface area contributed by atoms with Gasteiger partial charge in [0.05, 0.1) is 20.6 Å². The molecule has 3 aromatic carbocycles. The fourth-order valence-corrected chi connectivity index (χ4v) is 4.05. The second-order valence-electron chi connectivity index (χ2n) is 5.88. The first-order chi connectivity index (χ1) is 13.5. The first kappa shape index (κ1) is 20.2. The predicted octanol–water partition coefficient (Wildman–Crippen LogP) is 7.13. The van der Waals surface area contributed by atoms with Crippen molar-refractivity contribution in [2.45, 2.75) is 6.61 Å². The Morgan fingerprint density at radius 3 is 2.36 bits per heavy atom. The summed E-state index contributed by atoms with van der Waals surface area (Å²) in [6.07, 6.45) is 1.60. The summed E-state index contributed by atoms with van der Waals surface area (Å²) in [4.78, 5) is 0. The van der Waals surface area contributed by atoms with Crippen molar-refractivity contribution in [2.75, 3.05) is 0 Å². The van der Waals surface area contributed by atoms with Gasteiger partial charge in [0.1, 0.15) is 24.0 Å². The van der Waals surface area contributed by atoms with Crippen LogP contribution in [0.2, 0.25) is 0 Å². The van der Waals surface area contributed by atoms with Crippen molar-refractivity contribution in [3.8, 4) is 11.8 Å². The number of allylic oxidation sites excluding steroid dienone is 1. The molecule has 28 heavy (non-hydrogen) atoms. The van der Waals surface area contributed by atoms with Gasteiger partial charge in [-0.1, -0.05) is 30.3 Å². The lowest BCUT2D eigenvalue weighted by Crippen LogP contribution is -1.98. The number of hydrogen-bond acceptors (Lipinski definition) is 2. The van der Waals surface area contributed by atoms with E-state index in [9.17, 15) is 14.0 Å². The smallest absolute Gasteiger partial charge is 0.148 e. The molecule has 3 rings (SSSR count). The van der Waals surface area contributed by atoms with Crippen LogP contribution in [-0.4, -0.2) is 0 Å². The number of halogens is 4. The van der Waals surface area contributed by atoms with Gasteiger partial charge in [0.25, 0.3) is 0 Å². The predicted molar refractivity (Wildman–Crippen MR) is 112 cm³/mol. The van der Waals surface area contributed by atoms with Crippen LogP contribution >= 0.6 is 31.9 Å². The van der Waals surface area contributed by atoms with E-state index in [1.54, 1.807) is 48.5 Å². The van der Waals surface area contributed by atoms with Gasteiger partial charge in [-0.2, -0.15) is 5.26 Å². The molecule has 0 atom stereocenters. The number of nitriles is 1. The molecule has 2 nitrogen and oxygen atoms in total. The topological polar surface area (TPSA) is 33.0 Å². The van der Waals surface area contributed by atoms with E-state index in [2.05, 4.69) is 31.9 Å². The summed E-state index contributed by atoms with van der Waals surface area (Å²) in [5.74, 6) is -0.230. The summed E-state index contributed by atoms with van der Waals surface area (Å²) in [5.41, 5.74) is 1.85. The molecule has 0 N–H and O–H groups in total. The van der Waals surface area contributed by atoms with Crippen LogP contribution in [0.15, 0.2) is 69.6 Å². The molecule has 0 radical (unpaired) electrons. The third-order valence-corrected chi connectivity index (χ3v) is 5.07. The summed E-state index contributed by atoms with van der Waals surface area (Å²) in [6.45, 7) is 0.197. The van der Waals surface area contributed by atoms with E-state index in [0.717, 1.165) is 0 Å². The summed E-state index contributed by atoms with van der Waals surface area (Å²) < 4.78 is 34.4. The summed E-state index contributed by atoms with van der Waals surface area (Å²) in [6, 6.07) is 17.9. The van der Waals surface area contributed by atoms with Crippen molar-refractivity contribution in [3.63, 3.8) is 0 Å². The van der Waals surface area contributed by atoms with Crippen molar-refractivity contribution >= 4 is 43.5 Å². The first-order valence-corrected chi connectivity index (χ1v) is 9.79. The van der Waals surface area contributed by atoms with E-state index in [4.69, 9.17) is 4.74 Å². The Balaban J connectivity index is 1.87. The maximum absolute atomic E-state index is 14.0. The van der Waals surface area contributed by atoms with Crippen molar-refractivity contribution in [1.29, 1.82) is 5.26 Å². The largest absolute Gasteiger partial charge is 0.487 e. The van der Waals surface area contributed by atoms with E-state index in [-0.39, 0.29) is 23.6 Å².